The molecule has 1 fully saturated rings. The fourth-order valence-electron chi connectivity index (χ4n) is 5.65. The highest BCUT2D eigenvalue weighted by Crippen LogP contribution is 2.39. The zero-order valence-electron chi connectivity index (χ0n) is 28.1. The molecular formula is C35H44ClN7O5. The zero-order chi connectivity index (χ0) is 35.1. The Morgan fingerprint density at radius 2 is 1.79 bits per heavy atom. The number of hydrogen-bond acceptors (Lipinski definition) is 10. The molecule has 2 aromatic heterocycles. The molecule has 0 amide bonds. The second-order valence-electron chi connectivity index (χ2n) is 11.1. The van der Waals surface area contributed by atoms with Crippen LogP contribution in [0.5, 0.6) is 5.88 Å². The first-order valence-corrected chi connectivity index (χ1v) is 16.1. The van der Waals surface area contributed by atoms with Gasteiger partial charge in [0.25, 0.3) is 5.56 Å². The Bertz CT molecular complexity index is 2030. The van der Waals surface area contributed by atoms with Gasteiger partial charge >= 0.3 is 5.69 Å². The van der Waals surface area contributed by atoms with Crippen molar-refractivity contribution in [3.8, 4) is 28.3 Å². The minimum atomic E-state index is -0.569. The van der Waals surface area contributed by atoms with E-state index >= 15 is 0 Å². The zero-order valence-corrected chi connectivity index (χ0v) is 28.9. The fourth-order valence-corrected chi connectivity index (χ4v) is 5.97. The molecule has 13 heteroatoms. The van der Waals surface area contributed by atoms with Crippen molar-refractivity contribution in [3.05, 3.63) is 96.1 Å². The van der Waals surface area contributed by atoms with E-state index < -0.39 is 17.4 Å². The number of aliphatic hydroxyl groups excluding tert-OH is 1. The van der Waals surface area contributed by atoms with E-state index in [0.29, 0.717) is 42.0 Å². The smallest absolute Gasteiger partial charge is 0.330 e. The number of halogens is 1. The summed E-state index contributed by atoms with van der Waals surface area (Å²) in [6.07, 6.45) is 1.34. The third kappa shape index (κ3) is 7.26. The molecule has 4 aromatic rings. The van der Waals surface area contributed by atoms with Gasteiger partial charge < -0.3 is 36.7 Å². The Labute approximate surface area is 284 Å². The van der Waals surface area contributed by atoms with Crippen LogP contribution in [0.25, 0.3) is 34.4 Å². The van der Waals surface area contributed by atoms with Gasteiger partial charge in [0, 0.05) is 61.9 Å². The quantitative estimate of drug-likeness (QED) is 0.185. The summed E-state index contributed by atoms with van der Waals surface area (Å²) < 4.78 is 13.2. The van der Waals surface area contributed by atoms with Gasteiger partial charge in [-0.25, -0.2) is 9.78 Å². The van der Waals surface area contributed by atoms with Crippen LogP contribution in [-0.2, 0) is 25.4 Å². The van der Waals surface area contributed by atoms with Gasteiger partial charge in [0.1, 0.15) is 11.0 Å². The lowest BCUT2D eigenvalue weighted by Gasteiger charge is -2.28. The standard InChI is InChI=1S/C33H38ClN7O5.C2H6/c1-18-20(7-6-10-23(18)38-30(36)28-26(15-35)40(2)33(44)41(3)32(28)43)21-8-5-9-22(29(21)34)24-12-11-19(31(39-24)45-4)16-37-25-13-14-46-17-27(25)42;1-2/h5-12,15,25,27,37-38,42H,13-14,16-17,35-36H2,1-4H3;1-2H3/b26-15+,30-28-;. The first kappa shape index (κ1) is 36.2. The summed E-state index contributed by atoms with van der Waals surface area (Å²) in [6.45, 7) is 7.31. The molecule has 0 saturated carbocycles. The summed E-state index contributed by atoms with van der Waals surface area (Å²) in [7, 11) is 4.47. The highest BCUT2D eigenvalue weighted by Gasteiger charge is 2.24. The average Bonchev–Trinajstić information content (AvgIpc) is 3.10. The van der Waals surface area contributed by atoms with Crippen LogP contribution in [0, 0.1) is 6.92 Å². The summed E-state index contributed by atoms with van der Waals surface area (Å²) in [5.41, 5.74) is 16.4. The lowest BCUT2D eigenvalue weighted by molar-refractivity contribution is -0.0281. The molecule has 7 N–H and O–H groups in total. The van der Waals surface area contributed by atoms with Crippen LogP contribution in [0.4, 0.5) is 5.69 Å². The first-order valence-electron chi connectivity index (χ1n) is 15.7. The van der Waals surface area contributed by atoms with Crippen molar-refractivity contribution in [2.24, 2.45) is 25.6 Å². The number of hydrogen-bond donors (Lipinski definition) is 5. The van der Waals surface area contributed by atoms with Crippen molar-refractivity contribution in [2.75, 3.05) is 25.6 Å². The molecule has 2 unspecified atom stereocenters. The number of aliphatic hydroxyl groups is 1. The minimum absolute atomic E-state index is 0.0465. The number of anilines is 1. The van der Waals surface area contributed by atoms with E-state index in [9.17, 15) is 14.7 Å². The highest BCUT2D eigenvalue weighted by molar-refractivity contribution is 6.36. The van der Waals surface area contributed by atoms with Crippen LogP contribution in [0.3, 0.4) is 0 Å². The van der Waals surface area contributed by atoms with Crippen molar-refractivity contribution >= 4 is 29.3 Å². The lowest BCUT2D eigenvalue weighted by atomic mass is 9.96. The van der Waals surface area contributed by atoms with Gasteiger partial charge in [-0.05, 0) is 36.6 Å². The number of nitrogens with zero attached hydrogens (tertiary/aromatic N) is 3. The number of methoxy groups -OCH3 is 1. The maximum Gasteiger partial charge on any atom is 0.330 e. The van der Waals surface area contributed by atoms with Gasteiger partial charge in [-0.3, -0.25) is 13.9 Å². The molecule has 0 bridgehead atoms. The molecule has 48 heavy (non-hydrogen) atoms. The highest BCUT2D eigenvalue weighted by atomic mass is 35.5. The van der Waals surface area contributed by atoms with Crippen LogP contribution >= 0.6 is 11.6 Å². The third-order valence-electron chi connectivity index (χ3n) is 8.32. The summed E-state index contributed by atoms with van der Waals surface area (Å²) in [4.78, 5) is 30.2. The lowest BCUT2D eigenvalue weighted by Crippen LogP contribution is -2.59. The second-order valence-corrected chi connectivity index (χ2v) is 11.5. The second kappa shape index (κ2) is 16.0. The van der Waals surface area contributed by atoms with Crippen LogP contribution in [0.15, 0.2) is 58.1 Å². The number of rotatable bonds is 8. The van der Waals surface area contributed by atoms with E-state index in [1.807, 2.05) is 69.3 Å². The maximum absolute atomic E-state index is 13.0. The molecule has 1 aliphatic heterocycles. The Morgan fingerprint density at radius 3 is 2.48 bits per heavy atom. The summed E-state index contributed by atoms with van der Waals surface area (Å²) >= 11 is 7.05. The normalized spacial score (nSPS) is 17.0. The molecule has 2 aromatic carbocycles. The number of pyridine rings is 1. The monoisotopic (exact) mass is 677 g/mol. The SMILES string of the molecule is CC.COc1nc(-c2cccc(-c3cccc(N/C(N)=c4\c(=O)n(C)c(=O)n(C)\c4=C\N)c3C)c2Cl)ccc1CNC1CCOCC1O. The summed E-state index contributed by atoms with van der Waals surface area (Å²) in [5, 5.41) is 17.5. The van der Waals surface area contributed by atoms with E-state index in [1.54, 1.807) is 7.11 Å². The van der Waals surface area contributed by atoms with Crippen molar-refractivity contribution in [1.29, 1.82) is 0 Å². The molecule has 1 saturated heterocycles. The molecular weight excluding hydrogens is 634 g/mol. The van der Waals surface area contributed by atoms with E-state index in [0.717, 1.165) is 38.8 Å². The number of nitrogens with two attached hydrogens (primary N) is 2. The maximum atomic E-state index is 13.0. The van der Waals surface area contributed by atoms with Gasteiger partial charge in [-0.1, -0.05) is 61.8 Å². The minimum Gasteiger partial charge on any atom is -0.481 e. The van der Waals surface area contributed by atoms with Gasteiger partial charge in [-0.15, -0.1) is 0 Å². The summed E-state index contributed by atoms with van der Waals surface area (Å²) in [5.74, 6) is 0.505. The van der Waals surface area contributed by atoms with Gasteiger partial charge in [0.05, 0.1) is 35.9 Å². The third-order valence-corrected chi connectivity index (χ3v) is 8.73. The molecule has 2 atom stereocenters. The summed E-state index contributed by atoms with van der Waals surface area (Å²) in [6, 6.07) is 15.1. The number of benzene rings is 2. The van der Waals surface area contributed by atoms with Gasteiger partial charge in [0.2, 0.25) is 5.88 Å². The van der Waals surface area contributed by atoms with Crippen molar-refractivity contribution < 1.29 is 14.6 Å². The topological polar surface area (TPSA) is 172 Å². The predicted molar refractivity (Wildman–Crippen MR) is 191 cm³/mol. The fraction of sp³-hybridized carbons (Fsp3) is 0.343. The molecule has 256 valence electrons. The van der Waals surface area contributed by atoms with E-state index in [-0.39, 0.29) is 22.4 Å². The molecule has 5 rings (SSSR count). The Hall–Kier alpha value is -4.62. The van der Waals surface area contributed by atoms with Gasteiger partial charge in [-0.2, -0.15) is 0 Å². The average molecular weight is 678 g/mol. The largest absolute Gasteiger partial charge is 0.481 e. The molecule has 0 aliphatic carbocycles. The molecule has 0 radical (unpaired) electrons. The number of aromatic nitrogens is 3. The Balaban J connectivity index is 0.00000255. The van der Waals surface area contributed by atoms with Crippen LogP contribution in [-0.4, -0.2) is 51.7 Å². The first-order chi connectivity index (χ1) is 23.1. The Kier molecular flexibility index (Phi) is 12.1. The van der Waals surface area contributed by atoms with Gasteiger partial charge in [0.15, 0.2) is 0 Å². The van der Waals surface area contributed by atoms with Crippen molar-refractivity contribution in [1.82, 2.24) is 19.4 Å². The van der Waals surface area contributed by atoms with Crippen LogP contribution in [0.2, 0.25) is 5.02 Å². The van der Waals surface area contributed by atoms with E-state index in [4.69, 9.17) is 37.5 Å². The predicted octanol–water partition coefficient (Wildman–Crippen LogP) is 1.88. The molecule has 12 nitrogen and oxygen atoms in total. The van der Waals surface area contributed by atoms with Crippen LogP contribution < -0.4 is 48.7 Å². The number of nitrogens with one attached hydrogen (secondary N) is 2. The van der Waals surface area contributed by atoms with Crippen molar-refractivity contribution in [2.45, 2.75) is 45.9 Å². The van der Waals surface area contributed by atoms with Crippen LogP contribution in [0.1, 0.15) is 31.4 Å². The number of ether oxygens (including phenoxy) is 2. The molecule has 1 aliphatic rings. The Morgan fingerprint density at radius 1 is 1.10 bits per heavy atom. The van der Waals surface area contributed by atoms with E-state index in [1.165, 1.54) is 24.9 Å². The molecule has 3 heterocycles. The molecule has 0 spiro atoms. The van der Waals surface area contributed by atoms with Crippen molar-refractivity contribution in [3.63, 3.8) is 0 Å². The van der Waals surface area contributed by atoms with E-state index in [2.05, 4.69) is 10.6 Å².